The first-order valence-electron chi connectivity index (χ1n) is 7.64. The van der Waals surface area contributed by atoms with E-state index in [1.807, 2.05) is 48.8 Å². The van der Waals surface area contributed by atoms with Gasteiger partial charge >= 0.3 is 0 Å². The predicted molar refractivity (Wildman–Crippen MR) is 92.2 cm³/mol. The highest BCUT2D eigenvalue weighted by Gasteiger charge is 2.25. The van der Waals surface area contributed by atoms with Crippen LogP contribution in [0.2, 0.25) is 0 Å². The number of anilines is 1. The molecule has 0 fully saturated rings. The van der Waals surface area contributed by atoms with Gasteiger partial charge in [-0.25, -0.2) is 0 Å². The monoisotopic (exact) mass is 303 g/mol. The minimum Gasteiger partial charge on any atom is -0.305 e. The second-order valence-corrected chi connectivity index (χ2v) is 5.63. The van der Waals surface area contributed by atoms with Crippen LogP contribution in [0.4, 0.5) is 5.69 Å². The van der Waals surface area contributed by atoms with E-state index in [2.05, 4.69) is 34.7 Å². The van der Waals surface area contributed by atoms with E-state index >= 15 is 0 Å². The highest BCUT2D eigenvalue weighted by atomic mass is 16.1. The van der Waals surface area contributed by atoms with Gasteiger partial charge in [-0.3, -0.25) is 14.4 Å². The van der Waals surface area contributed by atoms with Gasteiger partial charge < -0.3 is 5.43 Å². The summed E-state index contributed by atoms with van der Waals surface area (Å²) in [4.78, 5) is 12.0. The Balaban J connectivity index is 1.85. The molecule has 0 aliphatic carbocycles. The largest absolute Gasteiger partial charge is 0.305 e. The van der Waals surface area contributed by atoms with E-state index in [0.29, 0.717) is 0 Å². The van der Waals surface area contributed by atoms with Crippen LogP contribution in [-0.4, -0.2) is 10.5 Å². The van der Waals surface area contributed by atoms with Crippen molar-refractivity contribution in [2.45, 2.75) is 13.0 Å². The molecule has 1 atom stereocenters. The summed E-state index contributed by atoms with van der Waals surface area (Å²) in [6, 6.07) is 18.2. The molecule has 1 aliphatic heterocycles. The molecular weight excluding hydrogens is 286 g/mol. The lowest BCUT2D eigenvalue weighted by Gasteiger charge is -2.26. The standard InChI is InChI=1S/C19H17N3O/c1-14(23)21-13-17(16-9-5-6-10-18(16)21)19-11-12-20-22(19)15-7-3-2-4-8-15/h2-13,19-20H,1H3. The topological polar surface area (TPSA) is 37.3 Å². The number of nitrogens with one attached hydrogen (secondary N) is 1. The van der Waals surface area contributed by atoms with Crippen LogP contribution in [0.3, 0.4) is 0 Å². The van der Waals surface area contributed by atoms with Crippen molar-refractivity contribution in [2.75, 3.05) is 5.01 Å². The molecule has 0 spiro atoms. The Morgan fingerprint density at radius 2 is 1.78 bits per heavy atom. The van der Waals surface area contributed by atoms with Gasteiger partial charge in [-0.15, -0.1) is 0 Å². The Bertz CT molecular complexity index is 895. The van der Waals surface area contributed by atoms with E-state index in [-0.39, 0.29) is 11.9 Å². The maximum absolute atomic E-state index is 12.0. The molecule has 23 heavy (non-hydrogen) atoms. The molecule has 1 aromatic heterocycles. The summed E-state index contributed by atoms with van der Waals surface area (Å²) in [5.74, 6) is 0.0219. The Morgan fingerprint density at radius 1 is 1.04 bits per heavy atom. The lowest BCUT2D eigenvalue weighted by molar-refractivity contribution is 0.0941. The van der Waals surface area contributed by atoms with Crippen molar-refractivity contribution in [3.63, 3.8) is 0 Å². The molecule has 1 aliphatic rings. The Morgan fingerprint density at radius 3 is 2.57 bits per heavy atom. The third-order valence-electron chi connectivity index (χ3n) is 4.21. The molecule has 114 valence electrons. The number of para-hydroxylation sites is 2. The smallest absolute Gasteiger partial charge is 0.227 e. The van der Waals surface area contributed by atoms with E-state index in [1.165, 1.54) is 0 Å². The SMILES string of the molecule is CC(=O)n1cc(C2C=CNN2c2ccccc2)c2ccccc21. The number of nitrogens with zero attached hydrogens (tertiary/aromatic N) is 2. The molecule has 0 bridgehead atoms. The zero-order chi connectivity index (χ0) is 15.8. The number of hydrogen-bond acceptors (Lipinski definition) is 3. The van der Waals surface area contributed by atoms with Crippen molar-refractivity contribution in [3.8, 4) is 0 Å². The third kappa shape index (κ3) is 2.19. The van der Waals surface area contributed by atoms with Crippen molar-refractivity contribution in [1.29, 1.82) is 0 Å². The average molecular weight is 303 g/mol. The van der Waals surface area contributed by atoms with Gasteiger partial charge in [0, 0.05) is 30.3 Å². The van der Waals surface area contributed by atoms with Crippen LogP contribution in [0.25, 0.3) is 10.9 Å². The van der Waals surface area contributed by atoms with Crippen molar-refractivity contribution in [3.05, 3.63) is 78.6 Å². The minimum absolute atomic E-state index is 0.0219. The molecule has 2 aromatic carbocycles. The molecule has 0 amide bonds. The predicted octanol–water partition coefficient (Wildman–Crippen LogP) is 3.88. The maximum Gasteiger partial charge on any atom is 0.227 e. The summed E-state index contributed by atoms with van der Waals surface area (Å²) < 4.78 is 1.72. The summed E-state index contributed by atoms with van der Waals surface area (Å²) in [7, 11) is 0. The highest BCUT2D eigenvalue weighted by Crippen LogP contribution is 2.34. The Kier molecular flexibility index (Phi) is 3.15. The fourth-order valence-electron chi connectivity index (χ4n) is 3.15. The maximum atomic E-state index is 12.0. The van der Waals surface area contributed by atoms with Crippen molar-refractivity contribution in [1.82, 2.24) is 9.99 Å². The number of hydrogen-bond donors (Lipinski definition) is 1. The van der Waals surface area contributed by atoms with Gasteiger partial charge in [0.1, 0.15) is 0 Å². The first-order chi connectivity index (χ1) is 11.3. The second-order valence-electron chi connectivity index (χ2n) is 5.63. The molecule has 2 heterocycles. The summed E-state index contributed by atoms with van der Waals surface area (Å²) in [6.07, 6.45) is 6.00. The van der Waals surface area contributed by atoms with Gasteiger partial charge in [-0.1, -0.05) is 36.4 Å². The summed E-state index contributed by atoms with van der Waals surface area (Å²) >= 11 is 0. The number of rotatable bonds is 2. The minimum atomic E-state index is 0.0219. The van der Waals surface area contributed by atoms with Gasteiger partial charge in [0.2, 0.25) is 5.91 Å². The van der Waals surface area contributed by atoms with Crippen LogP contribution < -0.4 is 10.4 Å². The quantitative estimate of drug-likeness (QED) is 0.780. The molecule has 1 N–H and O–H groups in total. The van der Waals surface area contributed by atoms with E-state index in [0.717, 1.165) is 22.2 Å². The van der Waals surface area contributed by atoms with Crippen LogP contribution >= 0.6 is 0 Å². The normalized spacial score (nSPS) is 16.7. The van der Waals surface area contributed by atoms with E-state index in [4.69, 9.17) is 0 Å². The summed E-state index contributed by atoms with van der Waals surface area (Å²) in [6.45, 7) is 1.59. The van der Waals surface area contributed by atoms with Crippen molar-refractivity contribution < 1.29 is 4.79 Å². The number of fused-ring (bicyclic) bond motifs is 1. The zero-order valence-electron chi connectivity index (χ0n) is 12.8. The number of benzene rings is 2. The number of carbonyl (C=O) groups excluding carboxylic acids is 1. The fraction of sp³-hybridized carbons (Fsp3) is 0.105. The van der Waals surface area contributed by atoms with Gasteiger partial charge in [-0.2, -0.15) is 0 Å². The Hall–Kier alpha value is -3.01. The van der Waals surface area contributed by atoms with Gasteiger partial charge in [-0.05, 0) is 24.3 Å². The van der Waals surface area contributed by atoms with Crippen LogP contribution in [0, 0.1) is 0 Å². The number of aromatic nitrogens is 1. The molecular formula is C19H17N3O. The first-order valence-corrected chi connectivity index (χ1v) is 7.64. The lowest BCUT2D eigenvalue weighted by Crippen LogP contribution is -2.32. The van der Waals surface area contributed by atoms with Gasteiger partial charge in [0.25, 0.3) is 0 Å². The number of carbonyl (C=O) groups is 1. The molecule has 0 radical (unpaired) electrons. The molecule has 4 heteroatoms. The van der Waals surface area contributed by atoms with E-state index in [1.54, 1.807) is 11.5 Å². The van der Waals surface area contributed by atoms with Crippen LogP contribution in [0.15, 0.2) is 73.1 Å². The highest BCUT2D eigenvalue weighted by molar-refractivity contribution is 5.94. The molecule has 1 unspecified atom stereocenters. The van der Waals surface area contributed by atoms with E-state index < -0.39 is 0 Å². The van der Waals surface area contributed by atoms with E-state index in [9.17, 15) is 4.79 Å². The molecule has 3 aromatic rings. The van der Waals surface area contributed by atoms with Crippen LogP contribution in [-0.2, 0) is 0 Å². The molecule has 0 saturated carbocycles. The first kappa shape index (κ1) is 13.6. The molecule has 0 saturated heterocycles. The number of hydrazine groups is 1. The average Bonchev–Trinajstić information content (AvgIpc) is 3.20. The van der Waals surface area contributed by atoms with Crippen LogP contribution in [0.5, 0.6) is 0 Å². The molecule has 4 nitrogen and oxygen atoms in total. The lowest BCUT2D eigenvalue weighted by atomic mass is 10.1. The third-order valence-corrected chi connectivity index (χ3v) is 4.21. The van der Waals surface area contributed by atoms with Crippen LogP contribution in [0.1, 0.15) is 23.3 Å². The molecule has 4 rings (SSSR count). The van der Waals surface area contributed by atoms with Gasteiger partial charge in [0.05, 0.1) is 17.2 Å². The fourth-order valence-corrected chi connectivity index (χ4v) is 3.15. The second kappa shape index (κ2) is 5.32. The van der Waals surface area contributed by atoms with Crippen molar-refractivity contribution >= 4 is 22.5 Å². The Labute approximate surface area is 134 Å². The van der Waals surface area contributed by atoms with Gasteiger partial charge in [0.15, 0.2) is 0 Å². The summed E-state index contributed by atoms with van der Waals surface area (Å²) in [5, 5.41) is 3.20. The zero-order valence-corrected chi connectivity index (χ0v) is 12.8. The summed E-state index contributed by atoms with van der Waals surface area (Å²) in [5.41, 5.74) is 6.43. The van der Waals surface area contributed by atoms with Crippen molar-refractivity contribution in [2.24, 2.45) is 0 Å².